The number of rotatable bonds is 6. The summed E-state index contributed by atoms with van der Waals surface area (Å²) in [4.78, 5) is 24.7. The molecule has 0 unspecified atom stereocenters. The first-order valence-electron chi connectivity index (χ1n) is 8.26. The number of carbonyl (C=O) groups excluding carboxylic acids is 2. The van der Waals surface area contributed by atoms with Crippen LogP contribution >= 0.6 is 0 Å². The molecule has 1 heterocycles. The predicted molar refractivity (Wildman–Crippen MR) is 96.4 cm³/mol. The SMILES string of the molecule is CCCOc1cc(C)[n+]([O-])c(C)c1C(=O)Nc1ccccc1C(=O)OC. The van der Waals surface area contributed by atoms with E-state index in [1.54, 1.807) is 38.1 Å². The van der Waals surface area contributed by atoms with E-state index in [2.05, 4.69) is 5.32 Å². The Labute approximate surface area is 152 Å². The first-order valence-corrected chi connectivity index (χ1v) is 8.26. The first-order chi connectivity index (χ1) is 12.4. The van der Waals surface area contributed by atoms with Crippen LogP contribution in [0.3, 0.4) is 0 Å². The molecule has 7 heteroatoms. The van der Waals surface area contributed by atoms with E-state index in [0.717, 1.165) is 6.42 Å². The quantitative estimate of drug-likeness (QED) is 0.487. The van der Waals surface area contributed by atoms with E-state index in [1.165, 1.54) is 13.2 Å². The van der Waals surface area contributed by atoms with Crippen molar-refractivity contribution in [2.24, 2.45) is 0 Å². The van der Waals surface area contributed by atoms with Crippen molar-refractivity contribution in [2.75, 3.05) is 19.0 Å². The number of carbonyl (C=O) groups is 2. The molecule has 0 radical (unpaired) electrons. The standard InChI is InChI=1S/C19H22N2O5/c1-5-10-26-16-11-12(2)21(24)13(3)17(16)18(22)20-15-9-7-6-8-14(15)19(23)25-4/h6-9,11H,5,10H2,1-4H3,(H,20,22). The zero-order valence-electron chi connectivity index (χ0n) is 15.3. The first kappa shape index (κ1) is 19.2. The normalized spacial score (nSPS) is 10.3. The highest BCUT2D eigenvalue weighted by Gasteiger charge is 2.25. The van der Waals surface area contributed by atoms with Crippen LogP contribution in [0.15, 0.2) is 30.3 Å². The second-order valence-corrected chi connectivity index (χ2v) is 5.74. The van der Waals surface area contributed by atoms with Gasteiger partial charge in [0, 0.05) is 19.9 Å². The number of methoxy groups -OCH3 is 1. The molecular formula is C19H22N2O5. The Kier molecular flexibility index (Phi) is 6.16. The van der Waals surface area contributed by atoms with Crippen LogP contribution in [-0.2, 0) is 4.74 Å². The summed E-state index contributed by atoms with van der Waals surface area (Å²) in [6, 6.07) is 8.03. The number of anilines is 1. The molecule has 1 aromatic carbocycles. The van der Waals surface area contributed by atoms with Crippen LogP contribution < -0.4 is 14.8 Å². The van der Waals surface area contributed by atoms with E-state index < -0.39 is 11.9 Å². The van der Waals surface area contributed by atoms with Gasteiger partial charge in [-0.3, -0.25) is 4.79 Å². The number of esters is 1. The van der Waals surface area contributed by atoms with Crippen LogP contribution in [-0.4, -0.2) is 25.6 Å². The Hall–Kier alpha value is -3.09. The van der Waals surface area contributed by atoms with Gasteiger partial charge in [-0.25, -0.2) is 4.79 Å². The summed E-state index contributed by atoms with van der Waals surface area (Å²) in [5.41, 5.74) is 1.31. The third kappa shape index (κ3) is 3.93. The van der Waals surface area contributed by atoms with Gasteiger partial charge < -0.3 is 20.0 Å². The number of nitrogens with one attached hydrogen (secondary N) is 1. The van der Waals surface area contributed by atoms with Gasteiger partial charge in [0.2, 0.25) is 5.69 Å². The van der Waals surface area contributed by atoms with Crippen molar-refractivity contribution in [1.82, 2.24) is 0 Å². The summed E-state index contributed by atoms with van der Waals surface area (Å²) in [6.45, 7) is 5.57. The lowest BCUT2D eigenvalue weighted by atomic mass is 10.1. The van der Waals surface area contributed by atoms with Crippen molar-refractivity contribution in [3.8, 4) is 5.75 Å². The van der Waals surface area contributed by atoms with Gasteiger partial charge in [0.1, 0.15) is 11.3 Å². The minimum atomic E-state index is -0.567. The third-order valence-electron chi connectivity index (χ3n) is 3.84. The van der Waals surface area contributed by atoms with Crippen molar-refractivity contribution in [3.63, 3.8) is 0 Å². The zero-order valence-corrected chi connectivity index (χ0v) is 15.3. The lowest BCUT2D eigenvalue weighted by Gasteiger charge is -2.16. The van der Waals surface area contributed by atoms with Crippen LogP contribution in [0.25, 0.3) is 0 Å². The summed E-state index contributed by atoms with van der Waals surface area (Å²) < 4.78 is 11.1. The predicted octanol–water partition coefficient (Wildman–Crippen LogP) is 2.76. The van der Waals surface area contributed by atoms with Crippen molar-refractivity contribution in [3.05, 3.63) is 58.1 Å². The molecule has 0 spiro atoms. The highest BCUT2D eigenvalue weighted by Crippen LogP contribution is 2.24. The molecule has 26 heavy (non-hydrogen) atoms. The average molecular weight is 358 g/mol. The van der Waals surface area contributed by atoms with Gasteiger partial charge in [0.25, 0.3) is 5.91 Å². The molecule has 0 aliphatic heterocycles. The van der Waals surface area contributed by atoms with Gasteiger partial charge in [-0.2, -0.15) is 4.73 Å². The van der Waals surface area contributed by atoms with E-state index >= 15 is 0 Å². The molecule has 1 N–H and O–H groups in total. The summed E-state index contributed by atoms with van der Waals surface area (Å²) in [5, 5.41) is 14.9. The fourth-order valence-corrected chi connectivity index (χ4v) is 2.53. The highest BCUT2D eigenvalue weighted by atomic mass is 16.5. The number of pyridine rings is 1. The monoisotopic (exact) mass is 358 g/mol. The molecule has 2 rings (SSSR count). The zero-order chi connectivity index (χ0) is 19.3. The van der Waals surface area contributed by atoms with Crippen molar-refractivity contribution in [1.29, 1.82) is 0 Å². The minimum absolute atomic E-state index is 0.138. The summed E-state index contributed by atoms with van der Waals surface area (Å²) in [7, 11) is 1.27. The lowest BCUT2D eigenvalue weighted by molar-refractivity contribution is -0.619. The van der Waals surface area contributed by atoms with E-state index in [1.807, 2.05) is 6.92 Å². The maximum Gasteiger partial charge on any atom is 0.339 e. The molecule has 0 saturated carbocycles. The van der Waals surface area contributed by atoms with Crippen molar-refractivity contribution >= 4 is 17.6 Å². The summed E-state index contributed by atoms with van der Waals surface area (Å²) >= 11 is 0. The van der Waals surface area contributed by atoms with Gasteiger partial charge in [-0.1, -0.05) is 19.1 Å². The number of amides is 1. The molecule has 1 amide bonds. The Bertz CT molecular complexity index is 833. The van der Waals surface area contributed by atoms with Gasteiger partial charge in [-0.15, -0.1) is 0 Å². The second-order valence-electron chi connectivity index (χ2n) is 5.74. The second kappa shape index (κ2) is 8.33. The smallest absolute Gasteiger partial charge is 0.339 e. The fraction of sp³-hybridized carbons (Fsp3) is 0.316. The molecule has 2 aromatic rings. The molecule has 0 saturated heterocycles. The number of benzene rings is 1. The largest absolute Gasteiger partial charge is 0.618 e. The number of nitrogens with zero attached hydrogens (tertiary/aromatic N) is 1. The maximum atomic E-state index is 12.9. The molecule has 0 bridgehead atoms. The summed E-state index contributed by atoms with van der Waals surface area (Å²) in [5.74, 6) is -0.764. The molecule has 7 nitrogen and oxygen atoms in total. The van der Waals surface area contributed by atoms with Crippen LogP contribution in [0.2, 0.25) is 0 Å². The molecule has 0 fully saturated rings. The van der Waals surface area contributed by atoms with Crippen LogP contribution in [0.1, 0.15) is 45.4 Å². The molecule has 0 aliphatic carbocycles. The Morgan fingerprint density at radius 2 is 1.92 bits per heavy atom. The van der Waals surface area contributed by atoms with E-state index in [0.29, 0.717) is 28.5 Å². The average Bonchev–Trinajstić information content (AvgIpc) is 2.64. The topological polar surface area (TPSA) is 91.6 Å². The highest BCUT2D eigenvalue weighted by molar-refractivity contribution is 6.09. The molecule has 0 aliphatic rings. The minimum Gasteiger partial charge on any atom is -0.618 e. The van der Waals surface area contributed by atoms with Gasteiger partial charge >= 0.3 is 5.97 Å². The van der Waals surface area contributed by atoms with Crippen molar-refractivity contribution < 1.29 is 23.8 Å². The van der Waals surface area contributed by atoms with Crippen LogP contribution in [0.4, 0.5) is 5.69 Å². The summed E-state index contributed by atoms with van der Waals surface area (Å²) in [6.07, 6.45) is 0.761. The fourth-order valence-electron chi connectivity index (χ4n) is 2.53. The Balaban J connectivity index is 2.44. The number of hydrogen-bond acceptors (Lipinski definition) is 5. The van der Waals surface area contributed by atoms with Crippen LogP contribution in [0.5, 0.6) is 5.75 Å². The van der Waals surface area contributed by atoms with Gasteiger partial charge in [0.05, 0.1) is 25.0 Å². The van der Waals surface area contributed by atoms with Crippen LogP contribution in [0, 0.1) is 19.1 Å². The lowest BCUT2D eigenvalue weighted by Crippen LogP contribution is -2.37. The number of hydrogen-bond donors (Lipinski definition) is 1. The van der Waals surface area contributed by atoms with E-state index in [4.69, 9.17) is 9.47 Å². The third-order valence-corrected chi connectivity index (χ3v) is 3.84. The number of para-hydroxylation sites is 1. The Morgan fingerprint density at radius 1 is 1.23 bits per heavy atom. The maximum absolute atomic E-state index is 12.9. The number of aromatic nitrogens is 1. The molecule has 1 aromatic heterocycles. The van der Waals surface area contributed by atoms with E-state index in [-0.39, 0.29) is 16.8 Å². The van der Waals surface area contributed by atoms with Gasteiger partial charge in [0.15, 0.2) is 5.69 Å². The Morgan fingerprint density at radius 3 is 2.58 bits per heavy atom. The number of ether oxygens (including phenoxy) is 2. The van der Waals surface area contributed by atoms with Gasteiger partial charge in [-0.05, 0) is 18.6 Å². The molecular weight excluding hydrogens is 336 g/mol. The van der Waals surface area contributed by atoms with E-state index in [9.17, 15) is 14.8 Å². The molecule has 138 valence electrons. The van der Waals surface area contributed by atoms with Crippen molar-refractivity contribution in [2.45, 2.75) is 27.2 Å². The molecule has 0 atom stereocenters. The number of aryl methyl sites for hydroxylation is 1.